The molecular weight excluding hydrogens is 369 g/mol. The number of halogens is 2. The largest absolute Gasteiger partial charge is 0.489 e. The van der Waals surface area contributed by atoms with Crippen LogP contribution in [0, 0.1) is 0 Å². The van der Waals surface area contributed by atoms with E-state index in [1.807, 2.05) is 18.2 Å². The molecule has 2 aromatic rings. The topological polar surface area (TPSA) is 41.5 Å². The van der Waals surface area contributed by atoms with Crippen molar-refractivity contribution in [3.63, 3.8) is 0 Å². The molecule has 142 valence electrons. The molecule has 0 radical (unpaired) electrons. The molecule has 0 saturated heterocycles. The van der Waals surface area contributed by atoms with Gasteiger partial charge in [-0.3, -0.25) is 0 Å². The van der Waals surface area contributed by atoms with Gasteiger partial charge in [0.2, 0.25) is 0 Å². The summed E-state index contributed by atoms with van der Waals surface area (Å²) >= 11 is 5.97. The third-order valence-electron chi connectivity index (χ3n) is 4.64. The maximum absolute atomic E-state index is 10.3. The van der Waals surface area contributed by atoms with Crippen LogP contribution in [0.2, 0.25) is 5.02 Å². The van der Waals surface area contributed by atoms with Crippen molar-refractivity contribution < 1.29 is 9.84 Å². The van der Waals surface area contributed by atoms with Crippen molar-refractivity contribution in [2.45, 2.75) is 44.8 Å². The number of fused-ring (bicyclic) bond motifs is 1. The number of rotatable bonds is 7. The lowest BCUT2D eigenvalue weighted by atomic mass is 9.98. The minimum Gasteiger partial charge on any atom is -0.489 e. The number of aliphatic hydroxyl groups is 1. The van der Waals surface area contributed by atoms with Crippen molar-refractivity contribution in [1.29, 1.82) is 0 Å². The Morgan fingerprint density at radius 2 is 2.12 bits per heavy atom. The monoisotopic (exact) mass is 395 g/mol. The first-order valence-corrected chi connectivity index (χ1v) is 9.46. The van der Waals surface area contributed by atoms with Crippen molar-refractivity contribution in [3.8, 4) is 5.75 Å². The zero-order chi connectivity index (χ0) is 17.6. The van der Waals surface area contributed by atoms with Crippen LogP contribution in [0.5, 0.6) is 5.75 Å². The second-order valence-corrected chi connectivity index (χ2v) is 7.14. The molecule has 0 aromatic heterocycles. The van der Waals surface area contributed by atoms with Gasteiger partial charge in [0, 0.05) is 18.1 Å². The van der Waals surface area contributed by atoms with Crippen molar-refractivity contribution in [1.82, 2.24) is 5.32 Å². The van der Waals surface area contributed by atoms with Gasteiger partial charge in [0.25, 0.3) is 0 Å². The summed E-state index contributed by atoms with van der Waals surface area (Å²) < 4.78 is 6.11. The Bertz CT molecular complexity index is 708. The molecule has 0 bridgehead atoms. The second kappa shape index (κ2) is 10.2. The molecule has 2 N–H and O–H groups in total. The molecule has 0 amide bonds. The minimum atomic E-state index is -0.564. The molecule has 2 aromatic carbocycles. The van der Waals surface area contributed by atoms with Gasteiger partial charge >= 0.3 is 0 Å². The fourth-order valence-electron chi connectivity index (χ4n) is 3.30. The summed E-state index contributed by atoms with van der Waals surface area (Å²) in [7, 11) is 0. The summed E-state index contributed by atoms with van der Waals surface area (Å²) in [6.45, 7) is 3.42. The Morgan fingerprint density at radius 1 is 1.27 bits per heavy atom. The first-order chi connectivity index (χ1) is 12.2. The van der Waals surface area contributed by atoms with E-state index in [4.69, 9.17) is 16.3 Å². The van der Waals surface area contributed by atoms with Crippen LogP contribution in [-0.4, -0.2) is 24.3 Å². The fourth-order valence-corrected chi connectivity index (χ4v) is 3.50. The van der Waals surface area contributed by atoms with E-state index in [-0.39, 0.29) is 18.5 Å². The quantitative estimate of drug-likeness (QED) is 0.711. The lowest BCUT2D eigenvalue weighted by Crippen LogP contribution is -2.36. The van der Waals surface area contributed by atoms with E-state index in [2.05, 4.69) is 30.4 Å². The highest BCUT2D eigenvalue weighted by atomic mass is 35.5. The zero-order valence-corrected chi connectivity index (χ0v) is 16.7. The van der Waals surface area contributed by atoms with Gasteiger partial charge in [-0.1, -0.05) is 49.2 Å². The van der Waals surface area contributed by atoms with Gasteiger partial charge < -0.3 is 15.2 Å². The van der Waals surface area contributed by atoms with E-state index < -0.39 is 6.10 Å². The summed E-state index contributed by atoms with van der Waals surface area (Å²) in [4.78, 5) is 0. The van der Waals surface area contributed by atoms with E-state index >= 15 is 0 Å². The van der Waals surface area contributed by atoms with Gasteiger partial charge in [-0.05, 0) is 54.2 Å². The van der Waals surface area contributed by atoms with Crippen molar-refractivity contribution in [3.05, 3.63) is 64.2 Å². The molecule has 1 heterocycles. The summed E-state index contributed by atoms with van der Waals surface area (Å²) in [5.41, 5.74) is 3.55. The van der Waals surface area contributed by atoms with Crippen LogP contribution in [0.4, 0.5) is 0 Å². The molecule has 1 unspecified atom stereocenters. The predicted octanol–water partition coefficient (Wildman–Crippen LogP) is 4.73. The van der Waals surface area contributed by atoms with Gasteiger partial charge in [-0.15, -0.1) is 12.4 Å². The van der Waals surface area contributed by atoms with Crippen LogP contribution in [0.15, 0.2) is 42.5 Å². The van der Waals surface area contributed by atoms with Gasteiger partial charge in [-0.25, -0.2) is 0 Å². The lowest BCUT2D eigenvalue weighted by Gasteiger charge is -2.27. The van der Waals surface area contributed by atoms with E-state index in [0.29, 0.717) is 11.6 Å². The molecule has 26 heavy (non-hydrogen) atoms. The van der Waals surface area contributed by atoms with Gasteiger partial charge in [0.15, 0.2) is 0 Å². The Hall–Kier alpha value is -1.26. The third-order valence-corrected chi connectivity index (χ3v) is 4.87. The number of benzene rings is 2. The molecule has 3 nitrogen and oxygen atoms in total. The van der Waals surface area contributed by atoms with Gasteiger partial charge in [0.1, 0.15) is 11.9 Å². The Morgan fingerprint density at radius 3 is 2.88 bits per heavy atom. The first-order valence-electron chi connectivity index (χ1n) is 9.08. The van der Waals surface area contributed by atoms with Crippen LogP contribution in [0.25, 0.3) is 0 Å². The van der Waals surface area contributed by atoms with E-state index in [0.717, 1.165) is 37.1 Å². The highest BCUT2D eigenvalue weighted by molar-refractivity contribution is 6.30. The van der Waals surface area contributed by atoms with Gasteiger partial charge in [0.05, 0.1) is 6.10 Å². The molecule has 0 spiro atoms. The third kappa shape index (κ3) is 5.62. The number of hydrogen-bond donors (Lipinski definition) is 2. The highest BCUT2D eigenvalue weighted by Crippen LogP contribution is 2.28. The van der Waals surface area contributed by atoms with Crippen molar-refractivity contribution >= 4 is 24.0 Å². The average Bonchev–Trinajstić information content (AvgIpc) is 2.62. The van der Waals surface area contributed by atoms with Crippen LogP contribution in [0.3, 0.4) is 0 Å². The summed E-state index contributed by atoms with van der Waals surface area (Å²) in [6.07, 6.45) is 3.93. The number of ether oxygens (including phenoxy) is 1. The smallest absolute Gasteiger partial charge is 0.122 e. The average molecular weight is 396 g/mol. The lowest BCUT2D eigenvalue weighted by molar-refractivity contribution is 0.146. The van der Waals surface area contributed by atoms with Crippen LogP contribution < -0.4 is 10.1 Å². The molecule has 5 heteroatoms. The maximum Gasteiger partial charge on any atom is 0.122 e. The Kier molecular flexibility index (Phi) is 8.23. The van der Waals surface area contributed by atoms with E-state index in [1.54, 1.807) is 6.07 Å². The molecular formula is C21H27Cl2NO2. The normalized spacial score (nSPS) is 17.0. The molecule has 1 aliphatic rings. The second-order valence-electron chi connectivity index (χ2n) is 6.70. The van der Waals surface area contributed by atoms with Gasteiger partial charge in [-0.2, -0.15) is 0 Å². The summed E-state index contributed by atoms with van der Waals surface area (Å²) in [6, 6.07) is 13.9. The van der Waals surface area contributed by atoms with Crippen molar-refractivity contribution in [2.24, 2.45) is 0 Å². The predicted molar refractivity (Wildman–Crippen MR) is 110 cm³/mol. The number of nitrogens with one attached hydrogen (secondary N) is 1. The molecule has 0 aliphatic carbocycles. The molecule has 2 atom stereocenters. The van der Waals surface area contributed by atoms with Crippen molar-refractivity contribution in [2.75, 3.05) is 13.1 Å². The molecule has 3 rings (SSSR count). The SMILES string of the molecule is CCCc1ccc2c(c1)CCC(CNC[C@H](O)c1cccc(Cl)c1)O2.Cl. The molecule has 0 saturated carbocycles. The minimum absolute atomic E-state index is 0. The fraction of sp³-hybridized carbons (Fsp3) is 0.429. The summed E-state index contributed by atoms with van der Waals surface area (Å²) in [5, 5.41) is 14.2. The highest BCUT2D eigenvalue weighted by Gasteiger charge is 2.20. The molecule has 1 aliphatic heterocycles. The van der Waals surface area contributed by atoms with E-state index in [9.17, 15) is 5.11 Å². The number of aliphatic hydroxyl groups excluding tert-OH is 1. The Labute approximate surface area is 167 Å². The standard InChI is InChI=1S/C21H26ClNO2.ClH/c1-2-4-15-7-10-21-17(11-15)8-9-19(25-21)13-23-14-20(24)16-5-3-6-18(22)12-16;/h3,5-7,10-12,19-20,23-24H,2,4,8-9,13-14H2,1H3;1H/t19?,20-;/m0./s1. The van der Waals surface area contributed by atoms with E-state index in [1.165, 1.54) is 17.5 Å². The van der Waals surface area contributed by atoms with Crippen LogP contribution >= 0.6 is 24.0 Å². The molecule has 0 fully saturated rings. The van der Waals surface area contributed by atoms with Crippen LogP contribution in [0.1, 0.15) is 42.6 Å². The number of aryl methyl sites for hydroxylation is 2. The number of hydrogen-bond acceptors (Lipinski definition) is 3. The van der Waals surface area contributed by atoms with Crippen LogP contribution in [-0.2, 0) is 12.8 Å². The first kappa shape index (κ1) is 21.0. The maximum atomic E-state index is 10.3. The summed E-state index contributed by atoms with van der Waals surface area (Å²) in [5.74, 6) is 1.01. The zero-order valence-electron chi connectivity index (χ0n) is 15.1. The Balaban J connectivity index is 0.00000243.